The van der Waals surface area contributed by atoms with Crippen molar-refractivity contribution >= 4 is 11.6 Å². The Labute approximate surface area is 95.8 Å². The van der Waals surface area contributed by atoms with Gasteiger partial charge < -0.3 is 15.2 Å². The van der Waals surface area contributed by atoms with E-state index in [4.69, 9.17) is 16.7 Å². The molecule has 0 spiro atoms. The lowest BCUT2D eigenvalue weighted by Gasteiger charge is -2.06. The minimum absolute atomic E-state index is 0.0655. The number of pyridine rings is 1. The van der Waals surface area contributed by atoms with Gasteiger partial charge in [-0.25, -0.2) is 0 Å². The van der Waals surface area contributed by atoms with Crippen LogP contribution in [0.25, 0.3) is 11.1 Å². The van der Waals surface area contributed by atoms with Gasteiger partial charge in [-0.3, -0.25) is 4.79 Å². The second kappa shape index (κ2) is 3.90. The number of aromatic amines is 1. The number of benzene rings is 1. The van der Waals surface area contributed by atoms with Crippen molar-refractivity contribution in [2.75, 3.05) is 0 Å². The summed E-state index contributed by atoms with van der Waals surface area (Å²) in [6.07, 6.45) is 0. The molecule has 2 aromatic rings. The molecule has 16 heavy (non-hydrogen) atoms. The first kappa shape index (κ1) is 10.6. The van der Waals surface area contributed by atoms with E-state index in [1.54, 1.807) is 12.1 Å². The van der Waals surface area contributed by atoms with Crippen molar-refractivity contribution < 1.29 is 10.2 Å². The zero-order valence-corrected chi connectivity index (χ0v) is 8.82. The van der Waals surface area contributed by atoms with Crippen molar-refractivity contribution in [1.29, 1.82) is 0 Å². The van der Waals surface area contributed by atoms with Gasteiger partial charge in [0.2, 0.25) is 0 Å². The monoisotopic (exact) mass is 237 g/mol. The molecular formula is C11H8ClNO3. The molecule has 0 aliphatic rings. The summed E-state index contributed by atoms with van der Waals surface area (Å²) in [5.74, 6) is -0.0803. The third-order valence-corrected chi connectivity index (χ3v) is 2.42. The molecule has 0 radical (unpaired) electrons. The van der Waals surface area contributed by atoms with Crippen LogP contribution < -0.4 is 5.56 Å². The molecule has 0 amide bonds. The SMILES string of the molecule is O=c1cc(O)c(-c2ccc(O)cc2)c(Cl)[nH]1. The standard InChI is InChI=1S/C11H8ClNO3/c12-11-10(8(15)5-9(16)13-11)6-1-3-7(14)4-2-6/h1-5,14H,(H2,13,15,16). The van der Waals surface area contributed by atoms with Gasteiger partial charge in [0.25, 0.3) is 5.56 Å². The fourth-order valence-electron chi connectivity index (χ4n) is 1.42. The van der Waals surface area contributed by atoms with E-state index in [9.17, 15) is 9.90 Å². The van der Waals surface area contributed by atoms with Crippen LogP contribution in [0.2, 0.25) is 5.15 Å². The number of nitrogens with one attached hydrogen (secondary N) is 1. The van der Waals surface area contributed by atoms with Crippen molar-refractivity contribution in [3.05, 3.63) is 45.8 Å². The first-order chi connectivity index (χ1) is 7.58. The highest BCUT2D eigenvalue weighted by molar-refractivity contribution is 6.32. The minimum Gasteiger partial charge on any atom is -0.508 e. The summed E-state index contributed by atoms with van der Waals surface area (Å²) in [6.45, 7) is 0. The lowest BCUT2D eigenvalue weighted by atomic mass is 10.1. The van der Waals surface area contributed by atoms with E-state index < -0.39 is 5.56 Å². The van der Waals surface area contributed by atoms with Crippen LogP contribution in [0, 0.1) is 0 Å². The average Bonchev–Trinajstić information content (AvgIpc) is 2.19. The fourth-order valence-corrected chi connectivity index (χ4v) is 1.72. The number of aromatic hydroxyl groups is 2. The summed E-state index contributed by atoms with van der Waals surface area (Å²) in [5, 5.41) is 18.8. The predicted molar refractivity (Wildman–Crippen MR) is 60.8 cm³/mol. The van der Waals surface area contributed by atoms with Gasteiger partial charge in [-0.05, 0) is 17.7 Å². The molecule has 1 aromatic heterocycles. The first-order valence-corrected chi connectivity index (χ1v) is 4.87. The molecule has 0 unspecified atom stereocenters. The average molecular weight is 238 g/mol. The van der Waals surface area contributed by atoms with Crippen LogP contribution in [0.5, 0.6) is 11.5 Å². The maximum Gasteiger partial charge on any atom is 0.252 e. The number of halogens is 1. The largest absolute Gasteiger partial charge is 0.508 e. The summed E-state index contributed by atoms with van der Waals surface area (Å²) >= 11 is 5.83. The minimum atomic E-state index is -0.468. The predicted octanol–water partition coefficient (Wildman–Crippen LogP) is 2.11. The Morgan fingerprint density at radius 1 is 1.12 bits per heavy atom. The topological polar surface area (TPSA) is 73.3 Å². The molecule has 2 rings (SSSR count). The Balaban J connectivity index is 2.64. The molecule has 3 N–H and O–H groups in total. The van der Waals surface area contributed by atoms with Crippen LogP contribution in [0.3, 0.4) is 0 Å². The molecular weight excluding hydrogens is 230 g/mol. The Morgan fingerprint density at radius 3 is 2.31 bits per heavy atom. The first-order valence-electron chi connectivity index (χ1n) is 4.49. The maximum absolute atomic E-state index is 11.0. The summed E-state index contributed by atoms with van der Waals surface area (Å²) in [6, 6.07) is 7.17. The number of hydrogen-bond acceptors (Lipinski definition) is 3. The lowest BCUT2D eigenvalue weighted by molar-refractivity contribution is 0.473. The highest BCUT2D eigenvalue weighted by Crippen LogP contribution is 2.33. The van der Waals surface area contributed by atoms with Crippen molar-refractivity contribution in [2.45, 2.75) is 0 Å². The molecule has 5 heteroatoms. The van der Waals surface area contributed by atoms with Crippen LogP contribution in [0.1, 0.15) is 0 Å². The molecule has 82 valence electrons. The van der Waals surface area contributed by atoms with E-state index in [1.807, 2.05) is 0 Å². The van der Waals surface area contributed by atoms with Gasteiger partial charge in [-0.2, -0.15) is 0 Å². The Kier molecular flexibility index (Phi) is 2.58. The number of aromatic nitrogens is 1. The summed E-state index contributed by atoms with van der Waals surface area (Å²) in [7, 11) is 0. The smallest absolute Gasteiger partial charge is 0.252 e. The second-order valence-corrected chi connectivity index (χ2v) is 3.63. The van der Waals surface area contributed by atoms with E-state index in [2.05, 4.69) is 4.98 Å². The van der Waals surface area contributed by atoms with Crippen LogP contribution >= 0.6 is 11.6 Å². The number of phenols is 1. The van der Waals surface area contributed by atoms with Gasteiger partial charge in [0.1, 0.15) is 16.7 Å². The van der Waals surface area contributed by atoms with Crippen LogP contribution in [-0.2, 0) is 0 Å². The highest BCUT2D eigenvalue weighted by atomic mass is 35.5. The van der Waals surface area contributed by atoms with Gasteiger partial charge in [0.05, 0.1) is 5.56 Å². The third-order valence-electron chi connectivity index (χ3n) is 2.13. The number of rotatable bonds is 1. The Hall–Kier alpha value is -1.94. The molecule has 1 aromatic carbocycles. The Bertz CT molecular complexity index is 549. The summed E-state index contributed by atoms with van der Waals surface area (Å²) in [4.78, 5) is 13.4. The fraction of sp³-hybridized carbons (Fsp3) is 0. The Morgan fingerprint density at radius 2 is 1.75 bits per heavy atom. The summed E-state index contributed by atoms with van der Waals surface area (Å²) in [5.41, 5.74) is 0.475. The number of hydrogen-bond donors (Lipinski definition) is 3. The molecule has 0 saturated carbocycles. The molecule has 0 atom stereocenters. The molecule has 0 saturated heterocycles. The van der Waals surface area contributed by atoms with Gasteiger partial charge >= 0.3 is 0 Å². The molecule has 0 aliphatic heterocycles. The van der Waals surface area contributed by atoms with Crippen molar-refractivity contribution in [3.8, 4) is 22.6 Å². The molecule has 1 heterocycles. The van der Waals surface area contributed by atoms with E-state index in [0.717, 1.165) is 6.07 Å². The van der Waals surface area contributed by atoms with Crippen LogP contribution in [0.15, 0.2) is 35.1 Å². The van der Waals surface area contributed by atoms with Crippen molar-refractivity contribution in [2.24, 2.45) is 0 Å². The summed E-state index contributed by atoms with van der Waals surface area (Å²) < 4.78 is 0. The van der Waals surface area contributed by atoms with Crippen molar-refractivity contribution in [1.82, 2.24) is 4.98 Å². The van der Waals surface area contributed by atoms with Gasteiger partial charge in [-0.1, -0.05) is 23.7 Å². The quantitative estimate of drug-likeness (QED) is 0.665. The normalized spacial score (nSPS) is 10.3. The maximum atomic E-state index is 11.0. The number of phenolic OH excluding ortho intramolecular Hbond substituents is 1. The lowest BCUT2D eigenvalue weighted by Crippen LogP contribution is -2.04. The zero-order chi connectivity index (χ0) is 11.7. The van der Waals surface area contributed by atoms with E-state index in [1.165, 1.54) is 12.1 Å². The number of H-pyrrole nitrogens is 1. The molecule has 0 aliphatic carbocycles. The van der Waals surface area contributed by atoms with Gasteiger partial charge in [0.15, 0.2) is 0 Å². The van der Waals surface area contributed by atoms with E-state index in [-0.39, 0.29) is 16.7 Å². The van der Waals surface area contributed by atoms with Gasteiger partial charge in [0, 0.05) is 6.07 Å². The van der Waals surface area contributed by atoms with E-state index in [0.29, 0.717) is 11.1 Å². The van der Waals surface area contributed by atoms with E-state index >= 15 is 0 Å². The molecule has 0 bridgehead atoms. The molecule has 0 fully saturated rings. The van der Waals surface area contributed by atoms with Crippen LogP contribution in [0.4, 0.5) is 0 Å². The second-order valence-electron chi connectivity index (χ2n) is 3.25. The third kappa shape index (κ3) is 1.87. The van der Waals surface area contributed by atoms with Gasteiger partial charge in [-0.15, -0.1) is 0 Å². The van der Waals surface area contributed by atoms with Crippen molar-refractivity contribution in [3.63, 3.8) is 0 Å². The van der Waals surface area contributed by atoms with Crippen LogP contribution in [-0.4, -0.2) is 15.2 Å². The zero-order valence-electron chi connectivity index (χ0n) is 8.07. The highest BCUT2D eigenvalue weighted by Gasteiger charge is 2.10. The molecule has 4 nitrogen and oxygen atoms in total.